The molecule has 0 fully saturated rings. The summed E-state index contributed by atoms with van der Waals surface area (Å²) < 4.78 is 13.8. The fourth-order valence-electron chi connectivity index (χ4n) is 1.72. The van der Waals surface area contributed by atoms with E-state index in [0.29, 0.717) is 18.7 Å². The molecule has 2 rings (SSSR count). The number of aliphatic hydroxyl groups is 1. The Morgan fingerprint density at radius 3 is 2.56 bits per heavy atom. The standard InChI is InChI=1S/C14H15FN2O/c15-14-9-12(11-3-5-16-6-4-11)1-2-13(14)10-17-7-8-18/h1-6,9,17-18H,7-8,10H2. The monoisotopic (exact) mass is 246 g/mol. The van der Waals surface area contributed by atoms with Crippen molar-refractivity contribution in [2.75, 3.05) is 13.2 Å². The normalized spacial score (nSPS) is 10.6. The van der Waals surface area contributed by atoms with Crippen molar-refractivity contribution < 1.29 is 9.50 Å². The first-order valence-electron chi connectivity index (χ1n) is 5.81. The summed E-state index contributed by atoms with van der Waals surface area (Å²) in [4.78, 5) is 3.93. The van der Waals surface area contributed by atoms with Crippen LogP contribution in [0.15, 0.2) is 42.7 Å². The van der Waals surface area contributed by atoms with Crippen LogP contribution in [-0.2, 0) is 6.54 Å². The van der Waals surface area contributed by atoms with Crippen LogP contribution in [-0.4, -0.2) is 23.2 Å². The zero-order valence-electron chi connectivity index (χ0n) is 9.94. The number of pyridine rings is 1. The lowest BCUT2D eigenvalue weighted by molar-refractivity contribution is 0.291. The van der Waals surface area contributed by atoms with Crippen LogP contribution in [0.2, 0.25) is 0 Å². The van der Waals surface area contributed by atoms with Crippen molar-refractivity contribution in [3.63, 3.8) is 0 Å². The molecule has 4 heteroatoms. The van der Waals surface area contributed by atoms with Crippen molar-refractivity contribution in [2.24, 2.45) is 0 Å². The van der Waals surface area contributed by atoms with Crippen molar-refractivity contribution in [3.05, 3.63) is 54.1 Å². The number of halogens is 1. The van der Waals surface area contributed by atoms with E-state index >= 15 is 0 Å². The number of hydrogen-bond donors (Lipinski definition) is 2. The number of rotatable bonds is 5. The lowest BCUT2D eigenvalue weighted by Gasteiger charge is -2.07. The predicted molar refractivity (Wildman–Crippen MR) is 68.4 cm³/mol. The average Bonchev–Trinajstić information content (AvgIpc) is 2.42. The first-order valence-corrected chi connectivity index (χ1v) is 5.81. The van der Waals surface area contributed by atoms with Crippen molar-refractivity contribution in [1.29, 1.82) is 0 Å². The van der Waals surface area contributed by atoms with Crippen LogP contribution in [0.1, 0.15) is 5.56 Å². The summed E-state index contributed by atoms with van der Waals surface area (Å²) in [7, 11) is 0. The van der Waals surface area contributed by atoms with E-state index in [4.69, 9.17) is 5.11 Å². The second-order valence-electron chi connectivity index (χ2n) is 3.94. The van der Waals surface area contributed by atoms with E-state index in [1.165, 1.54) is 6.07 Å². The first kappa shape index (κ1) is 12.7. The van der Waals surface area contributed by atoms with E-state index in [0.717, 1.165) is 11.1 Å². The van der Waals surface area contributed by atoms with Gasteiger partial charge in [-0.25, -0.2) is 4.39 Å². The zero-order valence-corrected chi connectivity index (χ0v) is 9.94. The summed E-state index contributed by atoms with van der Waals surface area (Å²) in [6, 6.07) is 8.85. The Balaban J connectivity index is 2.15. The van der Waals surface area contributed by atoms with Gasteiger partial charge in [0, 0.05) is 31.0 Å². The van der Waals surface area contributed by atoms with Gasteiger partial charge in [-0.2, -0.15) is 0 Å². The third-order valence-electron chi connectivity index (χ3n) is 2.67. The van der Waals surface area contributed by atoms with Gasteiger partial charge in [0.25, 0.3) is 0 Å². The molecule has 0 spiro atoms. The summed E-state index contributed by atoms with van der Waals surface area (Å²) in [5.74, 6) is -0.241. The van der Waals surface area contributed by atoms with Gasteiger partial charge in [-0.3, -0.25) is 4.98 Å². The Morgan fingerprint density at radius 2 is 1.89 bits per heavy atom. The van der Waals surface area contributed by atoms with E-state index in [1.54, 1.807) is 18.5 Å². The Morgan fingerprint density at radius 1 is 1.11 bits per heavy atom. The number of hydrogen-bond acceptors (Lipinski definition) is 3. The van der Waals surface area contributed by atoms with Crippen LogP contribution in [0.4, 0.5) is 4.39 Å². The molecule has 3 nitrogen and oxygen atoms in total. The largest absolute Gasteiger partial charge is 0.395 e. The number of nitrogens with one attached hydrogen (secondary N) is 1. The van der Waals surface area contributed by atoms with Gasteiger partial charge in [-0.1, -0.05) is 12.1 Å². The molecule has 0 unspecified atom stereocenters. The van der Waals surface area contributed by atoms with Gasteiger partial charge in [0.2, 0.25) is 0 Å². The fraction of sp³-hybridized carbons (Fsp3) is 0.214. The Labute approximate surface area is 105 Å². The van der Waals surface area contributed by atoms with Crippen molar-refractivity contribution >= 4 is 0 Å². The zero-order chi connectivity index (χ0) is 12.8. The van der Waals surface area contributed by atoms with Gasteiger partial charge >= 0.3 is 0 Å². The lowest BCUT2D eigenvalue weighted by atomic mass is 10.0. The molecule has 94 valence electrons. The summed E-state index contributed by atoms with van der Waals surface area (Å²) in [5, 5.41) is 11.6. The van der Waals surface area contributed by atoms with E-state index < -0.39 is 0 Å². The molecule has 0 aliphatic heterocycles. The van der Waals surface area contributed by atoms with Crippen molar-refractivity contribution in [2.45, 2.75) is 6.54 Å². The Kier molecular flexibility index (Phi) is 4.39. The number of aromatic nitrogens is 1. The third kappa shape index (κ3) is 3.12. The average molecular weight is 246 g/mol. The maximum atomic E-state index is 13.8. The molecule has 0 bridgehead atoms. The quantitative estimate of drug-likeness (QED) is 0.793. The molecule has 1 aromatic carbocycles. The van der Waals surface area contributed by atoms with Crippen LogP contribution < -0.4 is 5.32 Å². The van der Waals surface area contributed by atoms with E-state index in [-0.39, 0.29) is 12.4 Å². The van der Waals surface area contributed by atoms with E-state index in [9.17, 15) is 4.39 Å². The van der Waals surface area contributed by atoms with Crippen molar-refractivity contribution in [1.82, 2.24) is 10.3 Å². The highest BCUT2D eigenvalue weighted by atomic mass is 19.1. The highest BCUT2D eigenvalue weighted by molar-refractivity contribution is 5.63. The molecule has 2 N–H and O–H groups in total. The highest BCUT2D eigenvalue weighted by Gasteiger charge is 2.04. The molecule has 0 aliphatic carbocycles. The maximum absolute atomic E-state index is 13.8. The van der Waals surface area contributed by atoms with E-state index in [1.807, 2.05) is 18.2 Å². The lowest BCUT2D eigenvalue weighted by Crippen LogP contribution is -2.18. The summed E-state index contributed by atoms with van der Waals surface area (Å²) in [5.41, 5.74) is 2.38. The second kappa shape index (κ2) is 6.23. The SMILES string of the molecule is OCCNCc1ccc(-c2ccncc2)cc1F. The summed E-state index contributed by atoms with van der Waals surface area (Å²) in [6.07, 6.45) is 3.37. The van der Waals surface area contributed by atoms with E-state index in [2.05, 4.69) is 10.3 Å². The molecular weight excluding hydrogens is 231 g/mol. The van der Waals surface area contributed by atoms with Crippen LogP contribution in [0.3, 0.4) is 0 Å². The number of benzene rings is 1. The minimum Gasteiger partial charge on any atom is -0.395 e. The van der Waals surface area contributed by atoms with Crippen LogP contribution in [0, 0.1) is 5.82 Å². The molecule has 18 heavy (non-hydrogen) atoms. The minimum atomic E-state index is -0.241. The topological polar surface area (TPSA) is 45.1 Å². The summed E-state index contributed by atoms with van der Waals surface area (Å²) >= 11 is 0. The molecule has 0 aliphatic rings. The molecule has 2 aromatic rings. The molecule has 0 saturated carbocycles. The predicted octanol–water partition coefficient (Wildman–Crippen LogP) is 1.97. The molecule has 0 atom stereocenters. The number of nitrogens with zero attached hydrogens (tertiary/aromatic N) is 1. The molecule has 1 heterocycles. The van der Waals surface area contributed by atoms with Crippen molar-refractivity contribution in [3.8, 4) is 11.1 Å². The second-order valence-corrected chi connectivity index (χ2v) is 3.94. The highest BCUT2D eigenvalue weighted by Crippen LogP contribution is 2.21. The van der Waals surface area contributed by atoms with Crippen LogP contribution in [0.5, 0.6) is 0 Å². The molecular formula is C14H15FN2O. The molecule has 1 aromatic heterocycles. The summed E-state index contributed by atoms with van der Waals surface area (Å²) in [6.45, 7) is 0.936. The van der Waals surface area contributed by atoms with Gasteiger partial charge in [0.1, 0.15) is 5.82 Å². The molecule has 0 radical (unpaired) electrons. The maximum Gasteiger partial charge on any atom is 0.128 e. The van der Waals surface area contributed by atoms with Gasteiger partial charge in [0.05, 0.1) is 6.61 Å². The Hall–Kier alpha value is -1.78. The van der Waals surface area contributed by atoms with Crippen LogP contribution >= 0.6 is 0 Å². The third-order valence-corrected chi connectivity index (χ3v) is 2.67. The van der Waals surface area contributed by atoms with Gasteiger partial charge in [-0.05, 0) is 29.3 Å². The molecule has 0 amide bonds. The molecule has 0 saturated heterocycles. The first-order chi connectivity index (χ1) is 8.81. The van der Waals surface area contributed by atoms with Gasteiger partial charge < -0.3 is 10.4 Å². The van der Waals surface area contributed by atoms with Gasteiger partial charge in [-0.15, -0.1) is 0 Å². The minimum absolute atomic E-state index is 0.0523. The number of aliphatic hydroxyl groups excluding tert-OH is 1. The smallest absolute Gasteiger partial charge is 0.128 e. The fourth-order valence-corrected chi connectivity index (χ4v) is 1.72. The van der Waals surface area contributed by atoms with Gasteiger partial charge in [0.15, 0.2) is 0 Å². The Bertz CT molecular complexity index is 502. The van der Waals surface area contributed by atoms with Crippen LogP contribution in [0.25, 0.3) is 11.1 Å².